The molecular formula is C20H27BN2O5S. The van der Waals surface area contributed by atoms with Crippen LogP contribution in [-0.2, 0) is 25.9 Å². The van der Waals surface area contributed by atoms with Gasteiger partial charge in [0, 0.05) is 25.3 Å². The van der Waals surface area contributed by atoms with Gasteiger partial charge in [0.15, 0.2) is 0 Å². The molecule has 0 unspecified atom stereocenters. The van der Waals surface area contributed by atoms with Crippen molar-refractivity contribution in [1.82, 2.24) is 9.29 Å². The number of benzene rings is 1. The number of pyridine rings is 1. The topological polar surface area (TPSA) is 78.0 Å². The van der Waals surface area contributed by atoms with E-state index in [0.29, 0.717) is 5.46 Å². The molecule has 0 aliphatic carbocycles. The summed E-state index contributed by atoms with van der Waals surface area (Å²) in [5.41, 5.74) is 0.324. The Kier molecular flexibility index (Phi) is 5.79. The van der Waals surface area contributed by atoms with Crippen LogP contribution >= 0.6 is 0 Å². The second-order valence-corrected chi connectivity index (χ2v) is 10.1. The number of hydrogen-bond donors (Lipinski definition) is 0. The van der Waals surface area contributed by atoms with Crippen LogP contribution in [0.25, 0.3) is 0 Å². The highest BCUT2D eigenvalue weighted by atomic mass is 32.2. The predicted octanol–water partition coefficient (Wildman–Crippen LogP) is 2.21. The van der Waals surface area contributed by atoms with Crippen LogP contribution in [0.3, 0.4) is 0 Å². The Labute approximate surface area is 173 Å². The normalized spacial score (nSPS) is 18.2. The van der Waals surface area contributed by atoms with Crippen LogP contribution < -0.4 is 10.2 Å². The first-order chi connectivity index (χ1) is 13.5. The van der Waals surface area contributed by atoms with E-state index in [0.717, 1.165) is 5.56 Å². The molecule has 3 rings (SSSR count). The zero-order chi connectivity index (χ0) is 21.4. The number of aromatic nitrogens is 1. The van der Waals surface area contributed by atoms with E-state index < -0.39 is 28.3 Å². The smallest absolute Gasteiger partial charge is 0.480 e. The lowest BCUT2D eigenvalue weighted by Crippen LogP contribution is -2.41. The molecule has 2 heterocycles. The Balaban J connectivity index is 1.95. The van der Waals surface area contributed by atoms with Gasteiger partial charge in [0.05, 0.1) is 18.3 Å². The average molecular weight is 418 g/mol. The lowest BCUT2D eigenvalue weighted by atomic mass is 9.80. The molecule has 1 saturated heterocycles. The molecule has 0 bridgehead atoms. The van der Waals surface area contributed by atoms with E-state index in [1.54, 1.807) is 0 Å². The highest BCUT2D eigenvalue weighted by Gasteiger charge is 2.52. The number of methoxy groups -OCH3 is 1. The summed E-state index contributed by atoms with van der Waals surface area (Å²) in [5, 5.41) is 0. The van der Waals surface area contributed by atoms with Crippen LogP contribution in [0, 0.1) is 0 Å². The molecule has 1 aliphatic rings. The number of ether oxygens (including phenoxy) is 1. The van der Waals surface area contributed by atoms with Crippen LogP contribution in [0.2, 0.25) is 0 Å². The Morgan fingerprint density at radius 2 is 1.69 bits per heavy atom. The van der Waals surface area contributed by atoms with Gasteiger partial charge in [-0.1, -0.05) is 30.3 Å². The summed E-state index contributed by atoms with van der Waals surface area (Å²) in [7, 11) is -1.64. The van der Waals surface area contributed by atoms with Crippen molar-refractivity contribution in [2.24, 2.45) is 0 Å². The van der Waals surface area contributed by atoms with E-state index in [2.05, 4.69) is 4.98 Å². The first-order valence-electron chi connectivity index (χ1n) is 9.38. The fourth-order valence-electron chi connectivity index (χ4n) is 2.99. The molecule has 1 aliphatic heterocycles. The quantitative estimate of drug-likeness (QED) is 0.670. The summed E-state index contributed by atoms with van der Waals surface area (Å²) in [6.45, 7) is 7.99. The van der Waals surface area contributed by atoms with Crippen molar-refractivity contribution in [2.45, 2.75) is 50.3 Å². The highest BCUT2D eigenvalue weighted by Crippen LogP contribution is 2.36. The largest absolute Gasteiger partial charge is 0.496 e. The highest BCUT2D eigenvalue weighted by molar-refractivity contribution is 7.89. The van der Waals surface area contributed by atoms with Gasteiger partial charge >= 0.3 is 7.12 Å². The summed E-state index contributed by atoms with van der Waals surface area (Å²) < 4.78 is 45.1. The van der Waals surface area contributed by atoms with Gasteiger partial charge in [0.25, 0.3) is 0 Å². The number of rotatable bonds is 6. The molecule has 1 aromatic carbocycles. The maximum Gasteiger partial charge on any atom is 0.496 e. The second-order valence-electron chi connectivity index (χ2n) is 8.11. The van der Waals surface area contributed by atoms with Crippen LogP contribution in [-0.4, -0.2) is 50.2 Å². The van der Waals surface area contributed by atoms with E-state index in [9.17, 15) is 8.42 Å². The minimum absolute atomic E-state index is 0.0226. The van der Waals surface area contributed by atoms with E-state index in [-0.39, 0.29) is 17.3 Å². The van der Waals surface area contributed by atoms with Gasteiger partial charge < -0.3 is 14.0 Å². The van der Waals surface area contributed by atoms with Gasteiger partial charge in [0.1, 0.15) is 4.90 Å². The lowest BCUT2D eigenvalue weighted by molar-refractivity contribution is 0.00578. The van der Waals surface area contributed by atoms with E-state index >= 15 is 0 Å². The molecule has 9 heteroatoms. The molecular weight excluding hydrogens is 391 g/mol. The second kappa shape index (κ2) is 7.72. The standard InChI is InChI=1S/C20H27BN2O5S/c1-19(2)20(3,4)28-21(27-19)16-12-17(18(26-6)22-13-16)29(24,25)23(5)14-15-10-8-7-9-11-15/h7-13H,14H2,1-6H3. The van der Waals surface area contributed by atoms with Gasteiger partial charge in [-0.2, -0.15) is 4.31 Å². The summed E-state index contributed by atoms with van der Waals surface area (Å²) >= 11 is 0. The first kappa shape index (κ1) is 21.8. The Morgan fingerprint density at radius 3 is 2.24 bits per heavy atom. The van der Waals surface area contributed by atoms with Crippen molar-refractivity contribution in [1.29, 1.82) is 0 Å². The molecule has 0 amide bonds. The number of sulfonamides is 1. The molecule has 0 atom stereocenters. The third kappa shape index (κ3) is 4.18. The first-order valence-corrected chi connectivity index (χ1v) is 10.8. The van der Waals surface area contributed by atoms with Crippen molar-refractivity contribution in [3.8, 4) is 5.88 Å². The molecule has 29 heavy (non-hydrogen) atoms. The summed E-state index contributed by atoms with van der Waals surface area (Å²) in [5.74, 6) is 0.0326. The molecule has 0 N–H and O–H groups in total. The van der Waals surface area contributed by atoms with Gasteiger partial charge in [-0.05, 0) is 39.3 Å². The molecule has 2 aromatic rings. The monoisotopic (exact) mass is 418 g/mol. The molecule has 0 radical (unpaired) electrons. The van der Waals surface area contributed by atoms with Gasteiger partial charge in [-0.25, -0.2) is 13.4 Å². The number of nitrogens with zero attached hydrogens (tertiary/aromatic N) is 2. The summed E-state index contributed by atoms with van der Waals surface area (Å²) in [6.07, 6.45) is 1.52. The lowest BCUT2D eigenvalue weighted by Gasteiger charge is -2.32. The fraction of sp³-hybridized carbons (Fsp3) is 0.450. The Bertz CT molecular complexity index is 964. The SMILES string of the molecule is COc1ncc(B2OC(C)(C)C(C)(C)O2)cc1S(=O)(=O)N(C)Cc1ccccc1. The minimum Gasteiger partial charge on any atom is -0.480 e. The summed E-state index contributed by atoms with van der Waals surface area (Å²) in [6, 6.07) is 10.9. The molecule has 1 fully saturated rings. The van der Waals surface area contributed by atoms with Crippen LogP contribution in [0.1, 0.15) is 33.3 Å². The third-order valence-corrected chi connectivity index (χ3v) is 7.29. The maximum absolute atomic E-state index is 13.3. The predicted molar refractivity (Wildman–Crippen MR) is 112 cm³/mol. The number of hydrogen-bond acceptors (Lipinski definition) is 6. The maximum atomic E-state index is 13.3. The van der Waals surface area contributed by atoms with Gasteiger partial charge in [-0.15, -0.1) is 0 Å². The van der Waals surface area contributed by atoms with Crippen LogP contribution in [0.4, 0.5) is 0 Å². The van der Waals surface area contributed by atoms with Crippen LogP contribution in [0.5, 0.6) is 5.88 Å². The van der Waals surface area contributed by atoms with E-state index in [4.69, 9.17) is 14.0 Å². The van der Waals surface area contributed by atoms with Crippen molar-refractivity contribution in [3.05, 3.63) is 48.2 Å². The van der Waals surface area contributed by atoms with Crippen molar-refractivity contribution >= 4 is 22.6 Å². The molecule has 0 spiro atoms. The zero-order valence-electron chi connectivity index (χ0n) is 17.7. The Morgan fingerprint density at radius 1 is 1.10 bits per heavy atom. The van der Waals surface area contributed by atoms with Gasteiger partial charge in [-0.3, -0.25) is 0 Å². The third-order valence-electron chi connectivity index (χ3n) is 5.49. The van der Waals surface area contributed by atoms with Gasteiger partial charge in [0.2, 0.25) is 15.9 Å². The van der Waals surface area contributed by atoms with E-state index in [1.165, 1.54) is 30.7 Å². The zero-order valence-corrected chi connectivity index (χ0v) is 18.5. The minimum atomic E-state index is -3.85. The summed E-state index contributed by atoms with van der Waals surface area (Å²) in [4.78, 5) is 4.18. The average Bonchev–Trinajstić information content (AvgIpc) is 2.89. The van der Waals surface area contributed by atoms with E-state index in [1.807, 2.05) is 58.0 Å². The fourth-order valence-corrected chi connectivity index (χ4v) is 4.28. The molecule has 156 valence electrons. The molecule has 1 aromatic heterocycles. The van der Waals surface area contributed by atoms with Crippen molar-refractivity contribution in [3.63, 3.8) is 0 Å². The molecule has 0 saturated carbocycles. The Hall–Kier alpha value is -1.94. The van der Waals surface area contributed by atoms with Crippen LogP contribution in [0.15, 0.2) is 47.5 Å². The molecule has 7 nitrogen and oxygen atoms in total. The van der Waals surface area contributed by atoms with Crippen molar-refractivity contribution < 1.29 is 22.5 Å². The van der Waals surface area contributed by atoms with Crippen molar-refractivity contribution in [2.75, 3.05) is 14.2 Å².